The molecule has 0 saturated heterocycles. The van der Waals surface area contributed by atoms with E-state index >= 15 is 0 Å². The fourth-order valence-corrected chi connectivity index (χ4v) is 6.91. The summed E-state index contributed by atoms with van der Waals surface area (Å²) in [5.41, 5.74) is 0. The second kappa shape index (κ2) is 51.2. The van der Waals surface area contributed by atoms with Crippen molar-refractivity contribution in [2.75, 3.05) is 13.2 Å². The van der Waals surface area contributed by atoms with E-state index in [1.54, 1.807) is 0 Å². The first kappa shape index (κ1) is 59.6. The van der Waals surface area contributed by atoms with Gasteiger partial charge in [-0.05, 0) is 109 Å². The molecule has 0 aliphatic carbocycles. The third kappa shape index (κ3) is 49.5. The molecule has 63 heavy (non-hydrogen) atoms. The fourth-order valence-electron chi connectivity index (χ4n) is 6.91. The summed E-state index contributed by atoms with van der Waals surface area (Å²) in [5, 5.41) is 0. The highest BCUT2D eigenvalue weighted by molar-refractivity contribution is 5.71. The average molecular weight is 877 g/mol. The third-order valence-electron chi connectivity index (χ3n) is 10.9. The molecule has 360 valence electrons. The SMILES string of the molecule is CC/C=C\C/C=C\C/C=C\C/C=C\C/C=C\CCCCCC(=O)OCC(COC(=O)CCCCCCC/C=C\CCCC)OC(=O)CCCCCCCCC/C=C\CCCCCC. The highest BCUT2D eigenvalue weighted by Crippen LogP contribution is 2.14. The van der Waals surface area contributed by atoms with Gasteiger partial charge < -0.3 is 14.2 Å². The molecule has 0 heterocycles. The van der Waals surface area contributed by atoms with Crippen LogP contribution in [0, 0.1) is 0 Å². The number of hydrogen-bond acceptors (Lipinski definition) is 6. The molecule has 0 bridgehead atoms. The lowest BCUT2D eigenvalue weighted by Crippen LogP contribution is -2.30. The Morgan fingerprint density at radius 3 is 1.05 bits per heavy atom. The van der Waals surface area contributed by atoms with Gasteiger partial charge in [-0.3, -0.25) is 14.4 Å². The molecule has 0 amide bonds. The van der Waals surface area contributed by atoms with E-state index in [1.165, 1.54) is 89.9 Å². The van der Waals surface area contributed by atoms with Gasteiger partial charge in [0.2, 0.25) is 0 Å². The van der Waals surface area contributed by atoms with E-state index in [0.717, 1.165) is 109 Å². The molecular formula is C57H96O6. The number of unbranched alkanes of at least 4 members (excludes halogenated alkanes) is 21. The van der Waals surface area contributed by atoms with Gasteiger partial charge in [0, 0.05) is 19.3 Å². The molecule has 0 rings (SSSR count). The molecule has 0 fully saturated rings. The zero-order valence-corrected chi connectivity index (χ0v) is 41.1. The highest BCUT2D eigenvalue weighted by atomic mass is 16.6. The minimum Gasteiger partial charge on any atom is -0.462 e. The summed E-state index contributed by atoms with van der Waals surface area (Å²) in [6.45, 7) is 6.43. The van der Waals surface area contributed by atoms with Gasteiger partial charge in [0.1, 0.15) is 13.2 Å². The lowest BCUT2D eigenvalue weighted by Gasteiger charge is -2.18. The Labute approximate surface area is 388 Å². The molecule has 0 aromatic carbocycles. The van der Waals surface area contributed by atoms with E-state index < -0.39 is 6.10 Å². The van der Waals surface area contributed by atoms with Crippen LogP contribution in [0.1, 0.15) is 239 Å². The zero-order valence-electron chi connectivity index (χ0n) is 41.1. The molecule has 6 nitrogen and oxygen atoms in total. The monoisotopic (exact) mass is 877 g/mol. The van der Waals surface area contributed by atoms with Gasteiger partial charge in [-0.25, -0.2) is 0 Å². The van der Waals surface area contributed by atoms with E-state index in [-0.39, 0.29) is 31.1 Å². The second-order valence-corrected chi connectivity index (χ2v) is 17.0. The largest absolute Gasteiger partial charge is 0.462 e. The van der Waals surface area contributed by atoms with Crippen LogP contribution in [0.2, 0.25) is 0 Å². The predicted octanol–water partition coefficient (Wildman–Crippen LogP) is 17.2. The van der Waals surface area contributed by atoms with Crippen LogP contribution in [0.15, 0.2) is 85.1 Å². The van der Waals surface area contributed by atoms with Crippen molar-refractivity contribution in [1.82, 2.24) is 0 Å². The van der Waals surface area contributed by atoms with Crippen molar-refractivity contribution in [2.24, 2.45) is 0 Å². The van der Waals surface area contributed by atoms with Crippen LogP contribution >= 0.6 is 0 Å². The van der Waals surface area contributed by atoms with Gasteiger partial charge in [0.05, 0.1) is 0 Å². The third-order valence-corrected chi connectivity index (χ3v) is 10.9. The predicted molar refractivity (Wildman–Crippen MR) is 270 cm³/mol. The molecule has 0 aromatic heterocycles. The highest BCUT2D eigenvalue weighted by Gasteiger charge is 2.19. The molecule has 0 aliphatic rings. The molecule has 0 N–H and O–H groups in total. The number of carbonyl (C=O) groups excluding carboxylic acids is 3. The quantitative estimate of drug-likeness (QED) is 0.0262. The molecule has 0 radical (unpaired) electrons. The lowest BCUT2D eigenvalue weighted by molar-refractivity contribution is -0.167. The van der Waals surface area contributed by atoms with E-state index in [4.69, 9.17) is 14.2 Å². The van der Waals surface area contributed by atoms with Gasteiger partial charge in [-0.15, -0.1) is 0 Å². The van der Waals surface area contributed by atoms with Crippen LogP contribution in [0.5, 0.6) is 0 Å². The summed E-state index contributed by atoms with van der Waals surface area (Å²) in [5.74, 6) is -0.942. The first-order valence-electron chi connectivity index (χ1n) is 26.1. The summed E-state index contributed by atoms with van der Waals surface area (Å²) in [4.78, 5) is 38.0. The molecule has 0 spiro atoms. The molecule has 1 atom stereocenters. The van der Waals surface area contributed by atoms with E-state index in [1.807, 2.05) is 0 Å². The normalized spacial score (nSPS) is 12.7. The topological polar surface area (TPSA) is 78.9 Å². The van der Waals surface area contributed by atoms with E-state index in [2.05, 4.69) is 106 Å². The van der Waals surface area contributed by atoms with Crippen LogP contribution in [0.3, 0.4) is 0 Å². The van der Waals surface area contributed by atoms with Crippen molar-refractivity contribution in [3.8, 4) is 0 Å². The number of carbonyl (C=O) groups is 3. The maximum Gasteiger partial charge on any atom is 0.306 e. The Morgan fingerprint density at radius 2 is 0.635 bits per heavy atom. The summed E-state index contributed by atoms with van der Waals surface area (Å²) >= 11 is 0. The van der Waals surface area contributed by atoms with E-state index in [0.29, 0.717) is 19.3 Å². The molecule has 0 saturated carbocycles. The first-order valence-corrected chi connectivity index (χ1v) is 26.1. The van der Waals surface area contributed by atoms with Crippen LogP contribution < -0.4 is 0 Å². The Morgan fingerprint density at radius 1 is 0.333 bits per heavy atom. The van der Waals surface area contributed by atoms with Crippen LogP contribution in [0.4, 0.5) is 0 Å². The van der Waals surface area contributed by atoms with Crippen molar-refractivity contribution < 1.29 is 28.6 Å². The number of allylic oxidation sites excluding steroid dienone is 14. The number of esters is 3. The summed E-state index contributed by atoms with van der Waals surface area (Å²) in [7, 11) is 0. The molecule has 0 aromatic rings. The number of ether oxygens (including phenoxy) is 3. The lowest BCUT2D eigenvalue weighted by atomic mass is 10.1. The summed E-state index contributed by atoms with van der Waals surface area (Å²) in [6.07, 6.45) is 65.6. The molecule has 6 heteroatoms. The van der Waals surface area contributed by atoms with Crippen LogP contribution in [-0.4, -0.2) is 37.2 Å². The van der Waals surface area contributed by atoms with Crippen molar-refractivity contribution in [1.29, 1.82) is 0 Å². The number of rotatable bonds is 46. The maximum atomic E-state index is 12.8. The Bertz CT molecular complexity index is 1240. The Hall–Kier alpha value is -3.41. The number of hydrogen-bond donors (Lipinski definition) is 0. The zero-order chi connectivity index (χ0) is 45.8. The Balaban J connectivity index is 4.44. The van der Waals surface area contributed by atoms with Gasteiger partial charge >= 0.3 is 17.9 Å². The van der Waals surface area contributed by atoms with Gasteiger partial charge in [0.15, 0.2) is 6.10 Å². The average Bonchev–Trinajstić information content (AvgIpc) is 3.28. The standard InChI is InChI=1S/C57H96O6/c1-4-7-10-13-16-19-22-24-26-27-28-29-31-32-35-38-41-44-47-50-56(59)62-53-54(52-61-55(58)49-46-43-40-37-34-21-18-15-12-9-6-3)63-57(60)51-48-45-42-39-36-33-30-25-23-20-17-14-11-8-5-2/h7,10,15-16,18-20,23-24,26,28-29,32,35,54H,4-6,8-9,11-14,17,21-22,25,27,30-31,33-34,36-53H2,1-3H3/b10-7-,18-15-,19-16-,23-20-,26-24-,29-28-,35-32-. The Kier molecular flexibility index (Phi) is 48.5. The maximum absolute atomic E-state index is 12.8. The minimum absolute atomic E-state index is 0.0937. The van der Waals surface area contributed by atoms with Crippen molar-refractivity contribution in [3.63, 3.8) is 0 Å². The molecule has 1 unspecified atom stereocenters. The van der Waals surface area contributed by atoms with Crippen molar-refractivity contribution in [3.05, 3.63) is 85.1 Å². The fraction of sp³-hybridized carbons (Fsp3) is 0.702. The van der Waals surface area contributed by atoms with Gasteiger partial charge in [-0.2, -0.15) is 0 Å². The van der Waals surface area contributed by atoms with Crippen LogP contribution in [0.25, 0.3) is 0 Å². The second-order valence-electron chi connectivity index (χ2n) is 17.0. The minimum atomic E-state index is -0.795. The molecule has 0 aliphatic heterocycles. The van der Waals surface area contributed by atoms with Crippen molar-refractivity contribution in [2.45, 2.75) is 245 Å². The summed E-state index contributed by atoms with van der Waals surface area (Å²) in [6, 6.07) is 0. The van der Waals surface area contributed by atoms with Crippen LogP contribution in [-0.2, 0) is 28.6 Å². The van der Waals surface area contributed by atoms with E-state index in [9.17, 15) is 14.4 Å². The van der Waals surface area contributed by atoms with Gasteiger partial charge in [0.25, 0.3) is 0 Å². The smallest absolute Gasteiger partial charge is 0.306 e. The van der Waals surface area contributed by atoms with Gasteiger partial charge in [-0.1, -0.05) is 196 Å². The molecular weight excluding hydrogens is 781 g/mol. The van der Waals surface area contributed by atoms with Crippen molar-refractivity contribution >= 4 is 17.9 Å². The first-order chi connectivity index (χ1) is 31.0. The summed E-state index contributed by atoms with van der Waals surface area (Å²) < 4.78 is 16.8.